The fraction of sp³-hybridized carbons (Fsp3) is 0.615. The number of ether oxygens (including phenoxy) is 2. The number of esters is 2. The van der Waals surface area contributed by atoms with E-state index in [0.29, 0.717) is 6.42 Å². The number of nitrogens with zero attached hydrogens (tertiary/aromatic N) is 1. The van der Waals surface area contributed by atoms with Crippen molar-refractivity contribution in [2.45, 2.75) is 37.9 Å². The van der Waals surface area contributed by atoms with E-state index in [1.54, 1.807) is 20.8 Å². The molecule has 8 heteroatoms. The lowest BCUT2D eigenvalue weighted by Crippen LogP contribution is -2.55. The van der Waals surface area contributed by atoms with Crippen LogP contribution in [-0.4, -0.2) is 40.3 Å². The molecular formula is C13H18N2O5S. The van der Waals surface area contributed by atoms with Gasteiger partial charge in [-0.25, -0.2) is 4.79 Å². The minimum Gasteiger partial charge on any atom is -0.427 e. The minimum atomic E-state index is -0.717. The Morgan fingerprint density at radius 3 is 2.67 bits per heavy atom. The van der Waals surface area contributed by atoms with Gasteiger partial charge < -0.3 is 15.2 Å². The van der Waals surface area contributed by atoms with E-state index in [2.05, 4.69) is 0 Å². The zero-order valence-corrected chi connectivity index (χ0v) is 12.9. The number of nitrogens with two attached hydrogens (primary N) is 1. The predicted octanol–water partition coefficient (Wildman–Crippen LogP) is 0.550. The molecular weight excluding hydrogens is 296 g/mol. The van der Waals surface area contributed by atoms with Crippen molar-refractivity contribution in [3.05, 3.63) is 11.8 Å². The first kappa shape index (κ1) is 15.8. The van der Waals surface area contributed by atoms with Crippen LogP contribution in [0.4, 0.5) is 0 Å². The van der Waals surface area contributed by atoms with Crippen LogP contribution in [0.15, 0.2) is 11.8 Å². The van der Waals surface area contributed by atoms with Crippen LogP contribution in [-0.2, 0) is 23.9 Å². The van der Waals surface area contributed by atoms with E-state index < -0.39 is 24.1 Å². The molecule has 1 unspecified atom stereocenters. The summed E-state index contributed by atoms with van der Waals surface area (Å²) in [6.45, 7) is 4.60. The summed E-state index contributed by atoms with van der Waals surface area (Å²) >= 11 is 1.41. The molecule has 0 bridgehead atoms. The van der Waals surface area contributed by atoms with Gasteiger partial charge in [0.15, 0.2) is 0 Å². The number of carbonyl (C=O) groups is 3. The third-order valence-corrected chi connectivity index (χ3v) is 4.15. The molecule has 2 heterocycles. The van der Waals surface area contributed by atoms with Crippen molar-refractivity contribution in [1.29, 1.82) is 0 Å². The third-order valence-electron chi connectivity index (χ3n) is 3.00. The summed E-state index contributed by atoms with van der Waals surface area (Å²) in [7, 11) is 0. The van der Waals surface area contributed by atoms with E-state index in [-0.39, 0.29) is 22.4 Å². The normalized spacial score (nSPS) is 24.7. The summed E-state index contributed by atoms with van der Waals surface area (Å²) in [4.78, 5) is 36.4. The van der Waals surface area contributed by atoms with Crippen LogP contribution in [0.5, 0.6) is 0 Å². The number of carbonyl (C=O) groups excluding carboxylic acids is 3. The number of amides is 1. The quantitative estimate of drug-likeness (QED) is 0.461. The maximum Gasteiger partial charge on any atom is 0.357 e. The average molecular weight is 314 g/mol. The van der Waals surface area contributed by atoms with Gasteiger partial charge in [-0.2, -0.15) is 0 Å². The summed E-state index contributed by atoms with van der Waals surface area (Å²) < 4.78 is 9.74. The van der Waals surface area contributed by atoms with Crippen LogP contribution in [0.1, 0.15) is 27.2 Å². The van der Waals surface area contributed by atoms with Gasteiger partial charge in [-0.15, -0.1) is 11.8 Å². The number of hydrogen-bond acceptors (Lipinski definition) is 7. The molecule has 1 saturated heterocycles. The van der Waals surface area contributed by atoms with E-state index in [9.17, 15) is 14.4 Å². The van der Waals surface area contributed by atoms with Gasteiger partial charge in [-0.1, -0.05) is 0 Å². The first-order valence-corrected chi connectivity index (χ1v) is 7.43. The first-order valence-electron chi connectivity index (χ1n) is 6.49. The van der Waals surface area contributed by atoms with Crippen LogP contribution in [0.3, 0.4) is 0 Å². The fourth-order valence-electron chi connectivity index (χ4n) is 1.84. The Labute approximate surface area is 126 Å². The second-order valence-electron chi connectivity index (χ2n) is 5.81. The highest BCUT2D eigenvalue weighted by atomic mass is 32.2. The van der Waals surface area contributed by atoms with Gasteiger partial charge in [0.1, 0.15) is 5.70 Å². The molecule has 116 valence electrons. The summed E-state index contributed by atoms with van der Waals surface area (Å²) in [5.74, 6) is -1.34. The van der Waals surface area contributed by atoms with Gasteiger partial charge in [0.2, 0.25) is 12.7 Å². The lowest BCUT2D eigenvalue weighted by atomic mass is 9.98. The van der Waals surface area contributed by atoms with Crippen LogP contribution >= 0.6 is 11.8 Å². The Morgan fingerprint density at radius 1 is 1.43 bits per heavy atom. The Bertz CT molecular complexity index is 511. The molecule has 0 aliphatic carbocycles. The lowest BCUT2D eigenvalue weighted by Gasteiger charge is -2.43. The molecule has 1 amide bonds. The van der Waals surface area contributed by atoms with Crippen molar-refractivity contribution >= 4 is 29.6 Å². The van der Waals surface area contributed by atoms with E-state index in [4.69, 9.17) is 15.2 Å². The summed E-state index contributed by atoms with van der Waals surface area (Å²) in [6.07, 6.45) is 1.84. The number of fused-ring (bicyclic) bond motifs is 1. The number of β-lactam (4-membered cyclic amide) rings is 1. The van der Waals surface area contributed by atoms with Gasteiger partial charge in [-0.3, -0.25) is 14.5 Å². The molecule has 21 heavy (non-hydrogen) atoms. The average Bonchev–Trinajstić information content (AvgIpc) is 2.35. The SMILES string of the molecule is CC(C)(C)C(=O)OCOC(=O)C1=CC(N)S[C@@H]2CC(=O)N12. The smallest absolute Gasteiger partial charge is 0.357 e. The molecule has 0 aromatic carbocycles. The number of hydrogen-bond donors (Lipinski definition) is 1. The summed E-state index contributed by atoms with van der Waals surface area (Å²) in [5, 5.41) is -0.476. The lowest BCUT2D eigenvalue weighted by molar-refractivity contribution is -0.173. The molecule has 0 aromatic rings. The van der Waals surface area contributed by atoms with Crippen molar-refractivity contribution in [1.82, 2.24) is 4.90 Å². The highest BCUT2D eigenvalue weighted by Crippen LogP contribution is 2.39. The third kappa shape index (κ3) is 3.38. The van der Waals surface area contributed by atoms with Gasteiger partial charge >= 0.3 is 11.9 Å². The van der Waals surface area contributed by atoms with E-state index in [0.717, 1.165) is 0 Å². The van der Waals surface area contributed by atoms with Crippen molar-refractivity contribution in [3.63, 3.8) is 0 Å². The molecule has 0 saturated carbocycles. The zero-order valence-electron chi connectivity index (χ0n) is 12.1. The van der Waals surface area contributed by atoms with E-state index >= 15 is 0 Å². The number of thioether (sulfide) groups is 1. The highest BCUT2D eigenvalue weighted by molar-refractivity contribution is 8.00. The standard InChI is InChI=1S/C13H18N2O5S/c1-13(2,3)12(18)20-6-19-11(17)7-4-8(14)21-10-5-9(16)15(7)10/h4,8,10H,5-6,14H2,1-3H3/t8?,10-/m1/s1. The largest absolute Gasteiger partial charge is 0.427 e. The molecule has 2 aliphatic heterocycles. The summed E-state index contributed by atoms with van der Waals surface area (Å²) in [6, 6.07) is 0. The van der Waals surface area contributed by atoms with Gasteiger partial charge in [0.05, 0.1) is 22.6 Å². The van der Waals surface area contributed by atoms with Crippen molar-refractivity contribution in [2.24, 2.45) is 11.1 Å². The molecule has 1 fully saturated rings. The van der Waals surface area contributed by atoms with Crippen molar-refractivity contribution in [2.75, 3.05) is 6.79 Å². The zero-order chi connectivity index (χ0) is 15.8. The molecule has 2 atom stereocenters. The minimum absolute atomic E-state index is 0.114. The van der Waals surface area contributed by atoms with Crippen molar-refractivity contribution in [3.8, 4) is 0 Å². The molecule has 0 radical (unpaired) electrons. The monoisotopic (exact) mass is 314 g/mol. The molecule has 2 rings (SSSR count). The highest BCUT2D eigenvalue weighted by Gasteiger charge is 2.45. The first-order chi connectivity index (χ1) is 9.70. The van der Waals surface area contributed by atoms with Gasteiger partial charge in [0.25, 0.3) is 0 Å². The van der Waals surface area contributed by atoms with Crippen molar-refractivity contribution < 1.29 is 23.9 Å². The maximum atomic E-state index is 12.0. The Hall–Kier alpha value is -1.54. The number of rotatable bonds is 3. The Balaban J connectivity index is 1.91. The maximum absolute atomic E-state index is 12.0. The Kier molecular flexibility index (Phi) is 4.29. The topological polar surface area (TPSA) is 98.9 Å². The van der Waals surface area contributed by atoms with Crippen LogP contribution < -0.4 is 5.73 Å². The molecule has 2 aliphatic rings. The second-order valence-corrected chi connectivity index (χ2v) is 7.17. The second kappa shape index (κ2) is 5.69. The predicted molar refractivity (Wildman–Crippen MR) is 75.4 cm³/mol. The van der Waals surface area contributed by atoms with E-state index in [1.165, 1.54) is 22.7 Å². The van der Waals surface area contributed by atoms with Crippen LogP contribution in [0.25, 0.3) is 0 Å². The molecule has 2 N–H and O–H groups in total. The fourth-order valence-corrected chi connectivity index (χ4v) is 3.00. The van der Waals surface area contributed by atoms with Crippen LogP contribution in [0, 0.1) is 5.41 Å². The van der Waals surface area contributed by atoms with Gasteiger partial charge in [-0.05, 0) is 26.8 Å². The molecule has 0 aromatic heterocycles. The molecule has 0 spiro atoms. The molecule has 7 nitrogen and oxygen atoms in total. The van der Waals surface area contributed by atoms with Crippen LogP contribution in [0.2, 0.25) is 0 Å². The summed E-state index contributed by atoms with van der Waals surface area (Å²) in [5.41, 5.74) is 5.23. The Morgan fingerprint density at radius 2 is 2.10 bits per heavy atom. The van der Waals surface area contributed by atoms with E-state index in [1.807, 2.05) is 0 Å². The van der Waals surface area contributed by atoms with Gasteiger partial charge in [0, 0.05) is 0 Å².